The Morgan fingerprint density at radius 2 is 1.68 bits per heavy atom. The molecule has 0 radical (unpaired) electrons. The summed E-state index contributed by atoms with van der Waals surface area (Å²) in [6.45, 7) is 0. The molecule has 3 aromatic rings. The van der Waals surface area contributed by atoms with Gasteiger partial charge in [0.25, 0.3) is 0 Å². The van der Waals surface area contributed by atoms with Crippen molar-refractivity contribution in [2.75, 3.05) is 0 Å². The van der Waals surface area contributed by atoms with Crippen LogP contribution in [0.25, 0.3) is 11.3 Å². The molecule has 0 bridgehead atoms. The van der Waals surface area contributed by atoms with Gasteiger partial charge in [0.1, 0.15) is 17.9 Å². The summed E-state index contributed by atoms with van der Waals surface area (Å²) >= 11 is 0. The highest BCUT2D eigenvalue weighted by Crippen LogP contribution is 2.28. The molecule has 0 saturated heterocycles. The fourth-order valence-electron chi connectivity index (χ4n) is 2.91. The van der Waals surface area contributed by atoms with Gasteiger partial charge in [-0.1, -0.05) is 71.0 Å². The van der Waals surface area contributed by atoms with Gasteiger partial charge in [0.05, 0.1) is 5.71 Å². The molecular weight excluding hydrogens is 316 g/mol. The minimum Gasteiger partial charge on any atom is -0.392 e. The van der Waals surface area contributed by atoms with Gasteiger partial charge in [0, 0.05) is 24.5 Å². The molecule has 0 amide bonds. The first-order valence-electron chi connectivity index (χ1n) is 8.28. The van der Waals surface area contributed by atoms with Crippen molar-refractivity contribution in [2.45, 2.75) is 25.0 Å². The normalized spacial score (nSPS) is 17.8. The first kappa shape index (κ1) is 15.6. The quantitative estimate of drug-likeness (QED) is 0.767. The van der Waals surface area contributed by atoms with E-state index in [9.17, 15) is 5.11 Å². The van der Waals surface area contributed by atoms with Crippen LogP contribution in [0.3, 0.4) is 0 Å². The summed E-state index contributed by atoms with van der Waals surface area (Å²) in [7, 11) is 0. The Morgan fingerprint density at radius 3 is 2.40 bits per heavy atom. The molecule has 25 heavy (non-hydrogen) atoms. The molecule has 5 nitrogen and oxygen atoms in total. The number of rotatable bonds is 5. The smallest absolute Gasteiger partial charge is 0.165 e. The second-order valence-electron chi connectivity index (χ2n) is 6.07. The summed E-state index contributed by atoms with van der Waals surface area (Å²) in [6, 6.07) is 21.4. The van der Waals surface area contributed by atoms with Crippen LogP contribution in [0, 0.1) is 0 Å². The van der Waals surface area contributed by atoms with Crippen LogP contribution in [0.4, 0.5) is 0 Å². The molecule has 1 aromatic heterocycles. The molecule has 1 N–H and O–H groups in total. The van der Waals surface area contributed by atoms with Gasteiger partial charge in [-0.15, -0.1) is 0 Å². The van der Waals surface area contributed by atoms with Crippen molar-refractivity contribution < 1.29 is 14.5 Å². The minimum absolute atomic E-state index is 0.171. The molecule has 1 aliphatic heterocycles. The van der Waals surface area contributed by atoms with Gasteiger partial charge in [-0.2, -0.15) is 0 Å². The molecule has 0 spiro atoms. The summed E-state index contributed by atoms with van der Waals surface area (Å²) in [5.74, 6) is 0.440. The minimum atomic E-state index is -0.778. The van der Waals surface area contributed by atoms with Crippen molar-refractivity contribution in [2.24, 2.45) is 5.16 Å². The molecule has 4 rings (SSSR count). The van der Waals surface area contributed by atoms with Gasteiger partial charge in [-0.3, -0.25) is 0 Å². The standard InChI is InChI=1S/C20H18N2O3/c23-19(20-13-18(22-25-20)15-9-5-2-6-10-15)12-16-11-17(21-24-16)14-7-3-1-4-8-14/h1-10,13,16,19,23H,11-12H2. The largest absolute Gasteiger partial charge is 0.392 e. The van der Waals surface area contributed by atoms with Crippen LogP contribution in [0.2, 0.25) is 0 Å². The zero-order valence-corrected chi connectivity index (χ0v) is 13.6. The van der Waals surface area contributed by atoms with E-state index in [1.807, 2.05) is 60.7 Å². The van der Waals surface area contributed by atoms with E-state index in [1.165, 1.54) is 0 Å². The second kappa shape index (κ2) is 6.91. The Kier molecular flexibility index (Phi) is 4.31. The highest BCUT2D eigenvalue weighted by atomic mass is 16.6. The molecule has 0 fully saturated rings. The van der Waals surface area contributed by atoms with Crippen LogP contribution < -0.4 is 0 Å². The molecule has 0 aliphatic carbocycles. The molecule has 2 unspecified atom stereocenters. The lowest BCUT2D eigenvalue weighted by molar-refractivity contribution is 0.0271. The third-order valence-electron chi connectivity index (χ3n) is 4.25. The Balaban J connectivity index is 1.39. The third kappa shape index (κ3) is 3.46. The Bertz CT molecular complexity index is 859. The van der Waals surface area contributed by atoms with Crippen molar-refractivity contribution in [3.8, 4) is 11.3 Å². The SMILES string of the molecule is OC(CC1CC(c2ccccc2)=NO1)c1cc(-c2ccccc2)no1. The maximum atomic E-state index is 10.4. The average Bonchev–Trinajstić information content (AvgIpc) is 3.33. The van der Waals surface area contributed by atoms with Gasteiger partial charge in [0.15, 0.2) is 5.76 Å². The van der Waals surface area contributed by atoms with E-state index >= 15 is 0 Å². The van der Waals surface area contributed by atoms with E-state index in [-0.39, 0.29) is 6.10 Å². The molecule has 1 aliphatic rings. The summed E-state index contributed by atoms with van der Waals surface area (Å²) in [6.07, 6.45) is 0.125. The van der Waals surface area contributed by atoms with Crippen LogP contribution >= 0.6 is 0 Å². The second-order valence-corrected chi connectivity index (χ2v) is 6.07. The van der Waals surface area contributed by atoms with E-state index in [1.54, 1.807) is 6.07 Å². The number of benzene rings is 2. The molecule has 2 heterocycles. The Hall–Kier alpha value is -2.92. The van der Waals surface area contributed by atoms with Gasteiger partial charge >= 0.3 is 0 Å². The number of hydrogen-bond acceptors (Lipinski definition) is 5. The highest BCUT2D eigenvalue weighted by Gasteiger charge is 2.27. The zero-order valence-electron chi connectivity index (χ0n) is 13.6. The molecule has 2 aromatic carbocycles. The number of oxime groups is 1. The average molecular weight is 334 g/mol. The monoisotopic (exact) mass is 334 g/mol. The number of aliphatic hydroxyl groups is 1. The topological polar surface area (TPSA) is 67.9 Å². The summed E-state index contributed by atoms with van der Waals surface area (Å²) in [5.41, 5.74) is 3.62. The van der Waals surface area contributed by atoms with Crippen LogP contribution in [-0.4, -0.2) is 22.1 Å². The predicted octanol–water partition coefficient (Wildman–Crippen LogP) is 3.96. The van der Waals surface area contributed by atoms with Gasteiger partial charge in [-0.05, 0) is 5.56 Å². The number of aliphatic hydroxyl groups excluding tert-OH is 1. The van der Waals surface area contributed by atoms with E-state index in [2.05, 4.69) is 10.3 Å². The Morgan fingerprint density at radius 1 is 1.00 bits per heavy atom. The Labute approximate surface area is 145 Å². The molecule has 5 heteroatoms. The fraction of sp³-hybridized carbons (Fsp3) is 0.200. The van der Waals surface area contributed by atoms with Crippen LogP contribution in [0.15, 0.2) is 76.4 Å². The summed E-state index contributed by atoms with van der Waals surface area (Å²) in [4.78, 5) is 5.47. The van der Waals surface area contributed by atoms with Crippen molar-refractivity contribution in [3.63, 3.8) is 0 Å². The molecule has 2 atom stereocenters. The molecule has 0 saturated carbocycles. The van der Waals surface area contributed by atoms with Crippen molar-refractivity contribution in [3.05, 3.63) is 78.1 Å². The third-order valence-corrected chi connectivity index (χ3v) is 4.25. The molecular formula is C20H18N2O3. The van der Waals surface area contributed by atoms with Crippen molar-refractivity contribution in [1.29, 1.82) is 0 Å². The van der Waals surface area contributed by atoms with E-state index < -0.39 is 6.10 Å². The maximum Gasteiger partial charge on any atom is 0.165 e. The lowest BCUT2D eigenvalue weighted by Gasteiger charge is -2.11. The van der Waals surface area contributed by atoms with Crippen molar-refractivity contribution in [1.82, 2.24) is 5.16 Å². The fourth-order valence-corrected chi connectivity index (χ4v) is 2.91. The number of aromatic nitrogens is 1. The highest BCUT2D eigenvalue weighted by molar-refractivity contribution is 6.01. The van der Waals surface area contributed by atoms with E-state index in [0.29, 0.717) is 24.3 Å². The summed E-state index contributed by atoms with van der Waals surface area (Å²) in [5, 5.41) is 18.6. The summed E-state index contributed by atoms with van der Waals surface area (Å²) < 4.78 is 5.31. The first-order valence-corrected chi connectivity index (χ1v) is 8.28. The predicted molar refractivity (Wildman–Crippen MR) is 94.0 cm³/mol. The lowest BCUT2D eigenvalue weighted by atomic mass is 10.0. The lowest BCUT2D eigenvalue weighted by Crippen LogP contribution is -2.13. The van der Waals surface area contributed by atoms with Crippen LogP contribution in [-0.2, 0) is 4.84 Å². The molecule has 126 valence electrons. The van der Waals surface area contributed by atoms with Crippen molar-refractivity contribution >= 4 is 5.71 Å². The zero-order chi connectivity index (χ0) is 17.1. The van der Waals surface area contributed by atoms with E-state index in [4.69, 9.17) is 9.36 Å². The van der Waals surface area contributed by atoms with E-state index in [0.717, 1.165) is 16.8 Å². The number of nitrogens with zero attached hydrogens (tertiary/aromatic N) is 2. The van der Waals surface area contributed by atoms with Gasteiger partial charge < -0.3 is 14.5 Å². The van der Waals surface area contributed by atoms with Crippen LogP contribution in [0.5, 0.6) is 0 Å². The van der Waals surface area contributed by atoms with Gasteiger partial charge in [0.2, 0.25) is 0 Å². The first-order chi connectivity index (χ1) is 12.3. The maximum absolute atomic E-state index is 10.4. The van der Waals surface area contributed by atoms with Crippen LogP contribution in [0.1, 0.15) is 30.3 Å². The number of hydrogen-bond donors (Lipinski definition) is 1. The van der Waals surface area contributed by atoms with Gasteiger partial charge in [-0.25, -0.2) is 0 Å².